The average molecular weight is 247 g/mol. The molecule has 0 aliphatic rings. The van der Waals surface area contributed by atoms with E-state index in [2.05, 4.69) is 32.9 Å². The van der Waals surface area contributed by atoms with E-state index < -0.39 is 0 Å². The van der Waals surface area contributed by atoms with E-state index >= 15 is 0 Å². The Bertz CT molecular complexity index is 355. The minimum absolute atomic E-state index is 0.959. The molecule has 0 aliphatic heterocycles. The van der Waals surface area contributed by atoms with Crippen molar-refractivity contribution in [3.63, 3.8) is 0 Å². The van der Waals surface area contributed by atoms with Gasteiger partial charge in [-0.05, 0) is 55.4 Å². The van der Waals surface area contributed by atoms with Gasteiger partial charge >= 0.3 is 0 Å². The molecule has 102 valence electrons. The quantitative estimate of drug-likeness (QED) is 0.505. The SMILES string of the molecule is CCCCCc1ccc(N)c(C)c1CCCCC. The van der Waals surface area contributed by atoms with Gasteiger partial charge in [-0.3, -0.25) is 0 Å². The Labute approximate surface area is 113 Å². The van der Waals surface area contributed by atoms with E-state index in [4.69, 9.17) is 5.73 Å². The molecular weight excluding hydrogens is 218 g/mol. The lowest BCUT2D eigenvalue weighted by molar-refractivity contribution is 0.692. The Kier molecular flexibility index (Phi) is 6.85. The fraction of sp³-hybridized carbons (Fsp3) is 0.647. The van der Waals surface area contributed by atoms with Crippen LogP contribution in [0.25, 0.3) is 0 Å². The summed E-state index contributed by atoms with van der Waals surface area (Å²) in [6.45, 7) is 6.70. The van der Waals surface area contributed by atoms with Crippen LogP contribution in [0, 0.1) is 6.92 Å². The summed E-state index contributed by atoms with van der Waals surface area (Å²) in [6, 6.07) is 4.33. The number of nitrogen functional groups attached to an aromatic ring is 1. The lowest BCUT2D eigenvalue weighted by Crippen LogP contribution is -2.02. The van der Waals surface area contributed by atoms with Gasteiger partial charge in [0.2, 0.25) is 0 Å². The maximum absolute atomic E-state index is 6.05. The highest BCUT2D eigenvalue weighted by atomic mass is 14.6. The largest absolute Gasteiger partial charge is 0.399 e. The number of hydrogen-bond acceptors (Lipinski definition) is 1. The van der Waals surface area contributed by atoms with Crippen molar-refractivity contribution in [2.75, 3.05) is 5.73 Å². The number of aryl methyl sites for hydroxylation is 1. The van der Waals surface area contributed by atoms with Crippen LogP contribution in [0.15, 0.2) is 12.1 Å². The minimum atomic E-state index is 0.959. The molecule has 0 atom stereocenters. The molecule has 18 heavy (non-hydrogen) atoms. The maximum Gasteiger partial charge on any atom is 0.0346 e. The summed E-state index contributed by atoms with van der Waals surface area (Å²) in [5, 5.41) is 0. The molecule has 0 radical (unpaired) electrons. The van der Waals surface area contributed by atoms with Gasteiger partial charge in [0.1, 0.15) is 0 Å². The van der Waals surface area contributed by atoms with Gasteiger partial charge in [-0.1, -0.05) is 45.6 Å². The van der Waals surface area contributed by atoms with E-state index in [0.717, 1.165) is 5.69 Å². The lowest BCUT2D eigenvalue weighted by Gasteiger charge is -2.14. The van der Waals surface area contributed by atoms with Crippen LogP contribution in [0.2, 0.25) is 0 Å². The molecule has 0 bridgehead atoms. The third-order valence-electron chi connectivity index (χ3n) is 3.82. The molecule has 0 fully saturated rings. The first-order valence-electron chi connectivity index (χ1n) is 7.57. The van der Waals surface area contributed by atoms with Gasteiger partial charge in [-0.2, -0.15) is 0 Å². The highest BCUT2D eigenvalue weighted by Gasteiger charge is 2.08. The van der Waals surface area contributed by atoms with Gasteiger partial charge in [0.05, 0.1) is 0 Å². The van der Waals surface area contributed by atoms with E-state index in [-0.39, 0.29) is 0 Å². The molecule has 1 rings (SSSR count). The third-order valence-corrected chi connectivity index (χ3v) is 3.82. The molecule has 1 aromatic rings. The highest BCUT2D eigenvalue weighted by molar-refractivity contribution is 5.53. The number of benzene rings is 1. The molecule has 0 aromatic heterocycles. The first kappa shape index (κ1) is 15.1. The summed E-state index contributed by atoms with van der Waals surface area (Å²) in [6.07, 6.45) is 10.2. The molecule has 0 heterocycles. The molecule has 0 saturated carbocycles. The smallest absolute Gasteiger partial charge is 0.0346 e. The van der Waals surface area contributed by atoms with Gasteiger partial charge < -0.3 is 5.73 Å². The van der Waals surface area contributed by atoms with Crippen LogP contribution < -0.4 is 5.73 Å². The Morgan fingerprint density at radius 2 is 1.50 bits per heavy atom. The summed E-state index contributed by atoms with van der Waals surface area (Å²) in [7, 11) is 0. The van der Waals surface area contributed by atoms with Crippen molar-refractivity contribution in [3.05, 3.63) is 28.8 Å². The average Bonchev–Trinajstić information content (AvgIpc) is 2.37. The van der Waals surface area contributed by atoms with E-state index in [0.29, 0.717) is 0 Å². The van der Waals surface area contributed by atoms with Crippen molar-refractivity contribution in [1.82, 2.24) is 0 Å². The van der Waals surface area contributed by atoms with Crippen LogP contribution >= 0.6 is 0 Å². The highest BCUT2D eigenvalue weighted by Crippen LogP contribution is 2.24. The van der Waals surface area contributed by atoms with Gasteiger partial charge in [0.15, 0.2) is 0 Å². The van der Waals surface area contributed by atoms with Crippen LogP contribution in [0.4, 0.5) is 5.69 Å². The molecule has 1 aromatic carbocycles. The number of unbranched alkanes of at least 4 members (excludes halogenated alkanes) is 4. The van der Waals surface area contributed by atoms with Crippen molar-refractivity contribution in [1.29, 1.82) is 0 Å². The van der Waals surface area contributed by atoms with E-state index in [1.165, 1.54) is 68.1 Å². The van der Waals surface area contributed by atoms with Crippen molar-refractivity contribution >= 4 is 5.69 Å². The second-order valence-electron chi connectivity index (χ2n) is 5.33. The lowest BCUT2D eigenvalue weighted by atomic mass is 9.92. The van der Waals surface area contributed by atoms with Crippen molar-refractivity contribution in [3.8, 4) is 0 Å². The van der Waals surface area contributed by atoms with Gasteiger partial charge in [-0.25, -0.2) is 0 Å². The summed E-state index contributed by atoms with van der Waals surface area (Å²) >= 11 is 0. The molecule has 0 aliphatic carbocycles. The zero-order valence-electron chi connectivity index (χ0n) is 12.4. The van der Waals surface area contributed by atoms with Crippen molar-refractivity contribution in [2.24, 2.45) is 0 Å². The van der Waals surface area contributed by atoms with E-state index in [1.54, 1.807) is 0 Å². The van der Waals surface area contributed by atoms with Crippen molar-refractivity contribution in [2.45, 2.75) is 72.1 Å². The molecule has 1 heteroatoms. The predicted octanol–water partition coefficient (Wildman–Crippen LogP) is 5.04. The zero-order chi connectivity index (χ0) is 13.4. The second-order valence-corrected chi connectivity index (χ2v) is 5.33. The Balaban J connectivity index is 2.76. The zero-order valence-corrected chi connectivity index (χ0v) is 12.4. The Morgan fingerprint density at radius 3 is 2.11 bits per heavy atom. The second kappa shape index (κ2) is 8.18. The molecular formula is C17H29N. The molecule has 1 nitrogen and oxygen atoms in total. The number of hydrogen-bond donors (Lipinski definition) is 1. The van der Waals surface area contributed by atoms with Crippen LogP contribution in [-0.2, 0) is 12.8 Å². The maximum atomic E-state index is 6.05. The predicted molar refractivity (Wildman–Crippen MR) is 82.0 cm³/mol. The fourth-order valence-electron chi connectivity index (χ4n) is 2.53. The minimum Gasteiger partial charge on any atom is -0.399 e. The Morgan fingerprint density at radius 1 is 0.889 bits per heavy atom. The van der Waals surface area contributed by atoms with Gasteiger partial charge in [0.25, 0.3) is 0 Å². The summed E-state index contributed by atoms with van der Waals surface area (Å²) in [5.74, 6) is 0. The summed E-state index contributed by atoms with van der Waals surface area (Å²) in [4.78, 5) is 0. The van der Waals surface area contributed by atoms with Crippen LogP contribution in [0.5, 0.6) is 0 Å². The van der Waals surface area contributed by atoms with Crippen LogP contribution in [0.1, 0.15) is 69.1 Å². The monoisotopic (exact) mass is 247 g/mol. The van der Waals surface area contributed by atoms with Crippen LogP contribution in [-0.4, -0.2) is 0 Å². The van der Waals surface area contributed by atoms with Crippen molar-refractivity contribution < 1.29 is 0 Å². The third kappa shape index (κ3) is 4.36. The van der Waals surface area contributed by atoms with Crippen LogP contribution in [0.3, 0.4) is 0 Å². The first-order valence-corrected chi connectivity index (χ1v) is 7.57. The number of nitrogens with two attached hydrogens (primary N) is 1. The number of rotatable bonds is 8. The molecule has 0 unspecified atom stereocenters. The van der Waals surface area contributed by atoms with Gasteiger partial charge in [0, 0.05) is 5.69 Å². The Hall–Kier alpha value is -0.980. The summed E-state index contributed by atoms with van der Waals surface area (Å²) < 4.78 is 0. The molecule has 2 N–H and O–H groups in total. The number of anilines is 1. The van der Waals surface area contributed by atoms with Gasteiger partial charge in [-0.15, -0.1) is 0 Å². The van der Waals surface area contributed by atoms with E-state index in [1.807, 2.05) is 0 Å². The molecule has 0 saturated heterocycles. The van der Waals surface area contributed by atoms with E-state index in [9.17, 15) is 0 Å². The molecule has 0 amide bonds. The molecule has 0 spiro atoms. The fourth-order valence-corrected chi connectivity index (χ4v) is 2.53. The first-order chi connectivity index (χ1) is 8.70. The topological polar surface area (TPSA) is 26.0 Å². The summed E-state index contributed by atoms with van der Waals surface area (Å²) in [5.41, 5.74) is 11.4. The normalized spacial score (nSPS) is 10.8. The standard InChI is InChI=1S/C17H29N/c1-4-6-8-10-15-12-13-17(18)14(3)16(15)11-9-7-5-2/h12-13H,4-11,18H2,1-3H3.